The lowest BCUT2D eigenvalue weighted by atomic mass is 10.1. The average molecular weight is 222 g/mol. The van der Waals surface area contributed by atoms with Crippen LogP contribution in [-0.2, 0) is 0 Å². The van der Waals surface area contributed by atoms with Gasteiger partial charge in [0.2, 0.25) is 0 Å². The number of carbonyl (C=O) groups excluding carboxylic acids is 1. The fraction of sp³-hybridized carbons (Fsp3) is 0.125. The number of phenols is 3. The first-order chi connectivity index (χ1) is 6.73. The van der Waals surface area contributed by atoms with E-state index in [-0.39, 0.29) is 0 Å². The third-order valence-corrected chi connectivity index (χ3v) is 1.57. The van der Waals surface area contributed by atoms with E-state index in [0.717, 1.165) is 0 Å². The maximum absolute atomic E-state index is 12.0. The lowest BCUT2D eigenvalue weighted by Gasteiger charge is -2.09. The van der Waals surface area contributed by atoms with Crippen molar-refractivity contribution in [3.8, 4) is 17.2 Å². The summed E-state index contributed by atoms with van der Waals surface area (Å²) in [4.78, 5) is 10.7. The molecule has 0 aromatic heterocycles. The van der Waals surface area contributed by atoms with Gasteiger partial charge in [-0.05, 0) is 0 Å². The summed E-state index contributed by atoms with van der Waals surface area (Å²) in [5, 5.41) is 26.7. The Morgan fingerprint density at radius 3 is 1.80 bits per heavy atom. The topological polar surface area (TPSA) is 77.8 Å². The van der Waals surface area contributed by atoms with Crippen molar-refractivity contribution in [2.24, 2.45) is 0 Å². The summed E-state index contributed by atoms with van der Waals surface area (Å²) < 4.78 is 35.9. The van der Waals surface area contributed by atoms with E-state index < -0.39 is 34.8 Å². The highest BCUT2D eigenvalue weighted by molar-refractivity contribution is 6.04. The number of phenolic OH excluding ortho intramolecular Hbond substituents is 3. The Kier molecular flexibility index (Phi) is 2.48. The maximum atomic E-state index is 12.0. The van der Waals surface area contributed by atoms with Crippen LogP contribution in [0.3, 0.4) is 0 Å². The van der Waals surface area contributed by atoms with Gasteiger partial charge in [0.15, 0.2) is 0 Å². The molecule has 82 valence electrons. The second-order valence-corrected chi connectivity index (χ2v) is 2.69. The zero-order valence-electron chi connectivity index (χ0n) is 7.04. The number of hydrogen-bond acceptors (Lipinski definition) is 4. The monoisotopic (exact) mass is 222 g/mol. The van der Waals surface area contributed by atoms with Gasteiger partial charge in [-0.25, -0.2) is 0 Å². The van der Waals surface area contributed by atoms with Gasteiger partial charge in [-0.3, -0.25) is 4.79 Å². The Morgan fingerprint density at radius 1 is 1.07 bits per heavy atom. The van der Waals surface area contributed by atoms with Gasteiger partial charge in [-0.15, -0.1) is 0 Å². The third-order valence-electron chi connectivity index (χ3n) is 1.57. The van der Waals surface area contributed by atoms with Crippen molar-refractivity contribution in [1.82, 2.24) is 0 Å². The van der Waals surface area contributed by atoms with Gasteiger partial charge < -0.3 is 15.3 Å². The Balaban J connectivity index is 3.33. The SMILES string of the molecule is O=C(c1c(O)cc(O)cc1O)C(F)(F)F. The molecule has 1 rings (SSSR count). The summed E-state index contributed by atoms with van der Waals surface area (Å²) in [7, 11) is 0. The number of aromatic hydroxyl groups is 3. The first kappa shape index (κ1) is 11.2. The fourth-order valence-electron chi connectivity index (χ4n) is 0.972. The van der Waals surface area contributed by atoms with Crippen LogP contribution in [0.15, 0.2) is 12.1 Å². The molecular weight excluding hydrogens is 217 g/mol. The van der Waals surface area contributed by atoms with Crippen LogP contribution in [0, 0.1) is 0 Å². The van der Waals surface area contributed by atoms with Gasteiger partial charge in [-0.2, -0.15) is 13.2 Å². The number of Topliss-reactive ketones (excluding diaryl/α,β-unsaturated/α-hetero) is 1. The summed E-state index contributed by atoms with van der Waals surface area (Å²) >= 11 is 0. The Hall–Kier alpha value is -1.92. The first-order valence-electron chi connectivity index (χ1n) is 3.60. The summed E-state index contributed by atoms with van der Waals surface area (Å²) in [5.41, 5.74) is -1.28. The maximum Gasteiger partial charge on any atom is 0.455 e. The van der Waals surface area contributed by atoms with Crippen molar-refractivity contribution in [2.45, 2.75) is 6.18 Å². The lowest BCUT2D eigenvalue weighted by Crippen LogP contribution is -2.22. The van der Waals surface area contributed by atoms with Crippen molar-refractivity contribution in [3.63, 3.8) is 0 Å². The minimum atomic E-state index is -5.20. The molecule has 1 aromatic carbocycles. The number of hydrogen-bond donors (Lipinski definition) is 3. The molecule has 0 spiro atoms. The number of rotatable bonds is 1. The number of alkyl halides is 3. The fourth-order valence-corrected chi connectivity index (χ4v) is 0.972. The molecule has 0 heterocycles. The molecule has 0 saturated carbocycles. The highest BCUT2D eigenvalue weighted by Crippen LogP contribution is 2.36. The van der Waals surface area contributed by atoms with E-state index >= 15 is 0 Å². The lowest BCUT2D eigenvalue weighted by molar-refractivity contribution is -0.0888. The number of carbonyl (C=O) groups is 1. The van der Waals surface area contributed by atoms with Gasteiger partial charge in [0.05, 0.1) is 0 Å². The number of ketones is 1. The van der Waals surface area contributed by atoms with Crippen molar-refractivity contribution < 1.29 is 33.3 Å². The van der Waals surface area contributed by atoms with E-state index in [4.69, 9.17) is 15.3 Å². The molecule has 0 atom stereocenters. The van der Waals surface area contributed by atoms with E-state index in [1.165, 1.54) is 0 Å². The zero-order valence-corrected chi connectivity index (χ0v) is 7.04. The van der Waals surface area contributed by atoms with E-state index in [1.54, 1.807) is 0 Å². The summed E-state index contributed by atoms with van der Waals surface area (Å²) in [6.45, 7) is 0. The third kappa shape index (κ3) is 2.12. The smallest absolute Gasteiger partial charge is 0.455 e. The average Bonchev–Trinajstić information content (AvgIpc) is 1.99. The van der Waals surface area contributed by atoms with E-state index in [0.29, 0.717) is 12.1 Å². The second kappa shape index (κ2) is 3.34. The molecule has 0 aliphatic carbocycles. The molecule has 0 aliphatic heterocycles. The number of benzene rings is 1. The van der Waals surface area contributed by atoms with Crippen LogP contribution < -0.4 is 0 Å². The summed E-state index contributed by atoms with van der Waals surface area (Å²) in [5.74, 6) is -5.29. The minimum absolute atomic E-state index is 0.526. The molecule has 0 aliphatic rings. The van der Waals surface area contributed by atoms with Gasteiger partial charge in [0, 0.05) is 12.1 Å². The highest BCUT2D eigenvalue weighted by atomic mass is 19.4. The number of halogens is 3. The normalized spacial score (nSPS) is 11.4. The van der Waals surface area contributed by atoms with Crippen molar-refractivity contribution in [2.75, 3.05) is 0 Å². The quantitative estimate of drug-likeness (QED) is 0.630. The predicted octanol–water partition coefficient (Wildman–Crippen LogP) is 1.55. The van der Waals surface area contributed by atoms with Crippen molar-refractivity contribution in [3.05, 3.63) is 17.7 Å². The van der Waals surface area contributed by atoms with Gasteiger partial charge in [-0.1, -0.05) is 0 Å². The molecule has 0 fully saturated rings. The van der Waals surface area contributed by atoms with Crippen LogP contribution in [0.5, 0.6) is 17.2 Å². The van der Waals surface area contributed by atoms with Crippen molar-refractivity contribution >= 4 is 5.78 Å². The van der Waals surface area contributed by atoms with Crippen LogP contribution in [0.1, 0.15) is 10.4 Å². The van der Waals surface area contributed by atoms with Crippen LogP contribution >= 0.6 is 0 Å². The van der Waals surface area contributed by atoms with Crippen molar-refractivity contribution in [1.29, 1.82) is 0 Å². The molecule has 0 amide bonds. The molecule has 0 bridgehead atoms. The molecule has 4 nitrogen and oxygen atoms in total. The Labute approximate surface area is 81.2 Å². The van der Waals surface area contributed by atoms with Crippen LogP contribution in [0.2, 0.25) is 0 Å². The van der Waals surface area contributed by atoms with Gasteiger partial charge in [0.1, 0.15) is 22.8 Å². The van der Waals surface area contributed by atoms with E-state index in [1.807, 2.05) is 0 Å². The largest absolute Gasteiger partial charge is 0.508 e. The van der Waals surface area contributed by atoms with Crippen LogP contribution in [0.25, 0.3) is 0 Å². The second-order valence-electron chi connectivity index (χ2n) is 2.69. The van der Waals surface area contributed by atoms with Crippen LogP contribution in [0.4, 0.5) is 13.2 Å². The molecule has 0 unspecified atom stereocenters. The summed E-state index contributed by atoms with van der Waals surface area (Å²) in [6.07, 6.45) is -5.20. The predicted molar refractivity (Wildman–Crippen MR) is 41.8 cm³/mol. The molecule has 0 saturated heterocycles. The standard InChI is InChI=1S/C8H5F3O4/c9-8(10,11)7(15)6-4(13)1-3(12)2-5(6)14/h1-2,12-14H. The summed E-state index contributed by atoms with van der Waals surface area (Å²) in [6, 6.07) is 1.05. The molecule has 3 N–H and O–H groups in total. The zero-order chi connectivity index (χ0) is 11.8. The van der Waals surface area contributed by atoms with E-state index in [9.17, 15) is 18.0 Å². The first-order valence-corrected chi connectivity index (χ1v) is 3.60. The molecular formula is C8H5F3O4. The highest BCUT2D eigenvalue weighted by Gasteiger charge is 2.42. The Morgan fingerprint density at radius 2 is 1.47 bits per heavy atom. The van der Waals surface area contributed by atoms with Gasteiger partial charge in [0.25, 0.3) is 5.78 Å². The molecule has 7 heteroatoms. The van der Waals surface area contributed by atoms with Crippen LogP contribution in [-0.4, -0.2) is 27.3 Å². The Bertz CT molecular complexity index is 388. The van der Waals surface area contributed by atoms with Gasteiger partial charge >= 0.3 is 6.18 Å². The van der Waals surface area contributed by atoms with E-state index in [2.05, 4.69) is 0 Å². The molecule has 1 aromatic rings. The molecule has 15 heavy (non-hydrogen) atoms. The minimum Gasteiger partial charge on any atom is -0.508 e. The molecule has 0 radical (unpaired) electrons.